The Morgan fingerprint density at radius 3 is 2.76 bits per heavy atom. The highest BCUT2D eigenvalue weighted by atomic mass is 16.6. The van der Waals surface area contributed by atoms with Crippen LogP contribution in [-0.2, 0) is 4.74 Å². The van der Waals surface area contributed by atoms with Gasteiger partial charge in [0.1, 0.15) is 5.60 Å². The molecule has 0 aliphatic carbocycles. The molecule has 1 N–H and O–H groups in total. The van der Waals surface area contributed by atoms with E-state index in [1.54, 1.807) is 4.90 Å². The lowest BCUT2D eigenvalue weighted by atomic mass is 9.93. The maximum atomic E-state index is 11.9. The number of likely N-dealkylation sites (tertiary alicyclic amines) is 1. The smallest absolute Gasteiger partial charge is 0.410 e. The van der Waals surface area contributed by atoms with Crippen molar-refractivity contribution < 1.29 is 14.6 Å². The first-order chi connectivity index (χ1) is 7.83. The van der Waals surface area contributed by atoms with Crippen molar-refractivity contribution in [2.24, 2.45) is 5.92 Å². The molecule has 0 radical (unpaired) electrons. The second-order valence-electron chi connectivity index (χ2n) is 5.55. The summed E-state index contributed by atoms with van der Waals surface area (Å²) in [6, 6.07) is 0. The van der Waals surface area contributed by atoms with Crippen LogP contribution in [0.4, 0.5) is 4.79 Å². The molecule has 4 heteroatoms. The van der Waals surface area contributed by atoms with Crippen LogP contribution in [-0.4, -0.2) is 40.9 Å². The number of rotatable bonds is 2. The van der Waals surface area contributed by atoms with Crippen LogP contribution in [0.5, 0.6) is 0 Å². The van der Waals surface area contributed by atoms with Crippen molar-refractivity contribution in [2.75, 3.05) is 13.1 Å². The summed E-state index contributed by atoms with van der Waals surface area (Å²) in [5.74, 6) is 0.0776. The number of ether oxygens (including phenoxy) is 1. The van der Waals surface area contributed by atoms with E-state index in [9.17, 15) is 9.90 Å². The Bertz CT molecular complexity index is 283. The lowest BCUT2D eigenvalue weighted by Crippen LogP contribution is -2.45. The Kier molecular flexibility index (Phi) is 4.57. The Morgan fingerprint density at radius 2 is 2.24 bits per heavy atom. The van der Waals surface area contributed by atoms with Crippen LogP contribution < -0.4 is 0 Å². The van der Waals surface area contributed by atoms with Gasteiger partial charge in [-0.3, -0.25) is 0 Å². The Labute approximate surface area is 103 Å². The quantitative estimate of drug-likeness (QED) is 0.754. The van der Waals surface area contributed by atoms with Gasteiger partial charge in [-0.2, -0.15) is 0 Å². The van der Waals surface area contributed by atoms with Gasteiger partial charge < -0.3 is 14.7 Å². The molecule has 2 atom stereocenters. The molecule has 17 heavy (non-hydrogen) atoms. The second-order valence-corrected chi connectivity index (χ2v) is 5.55. The molecule has 1 aliphatic rings. The van der Waals surface area contributed by atoms with Crippen molar-refractivity contribution >= 4 is 6.09 Å². The number of hydrogen-bond acceptors (Lipinski definition) is 3. The molecule has 1 unspecified atom stereocenters. The average molecular weight is 241 g/mol. The van der Waals surface area contributed by atoms with E-state index in [-0.39, 0.29) is 12.0 Å². The molecule has 1 aliphatic heterocycles. The van der Waals surface area contributed by atoms with E-state index in [1.807, 2.05) is 20.8 Å². The molecule has 0 aromatic rings. The van der Waals surface area contributed by atoms with Crippen LogP contribution in [0, 0.1) is 5.92 Å². The third kappa shape index (κ3) is 4.38. The third-order valence-corrected chi connectivity index (χ3v) is 2.83. The zero-order valence-electron chi connectivity index (χ0n) is 11.0. The van der Waals surface area contributed by atoms with Crippen LogP contribution in [0.15, 0.2) is 12.7 Å². The van der Waals surface area contributed by atoms with E-state index in [1.165, 1.54) is 6.08 Å². The van der Waals surface area contributed by atoms with Gasteiger partial charge in [0.15, 0.2) is 0 Å². The van der Waals surface area contributed by atoms with E-state index in [0.717, 1.165) is 12.8 Å². The van der Waals surface area contributed by atoms with Gasteiger partial charge in [0.2, 0.25) is 0 Å². The Morgan fingerprint density at radius 1 is 1.59 bits per heavy atom. The van der Waals surface area contributed by atoms with Crippen LogP contribution in [0.3, 0.4) is 0 Å². The summed E-state index contributed by atoms with van der Waals surface area (Å²) in [5.41, 5.74) is -0.471. The minimum Gasteiger partial charge on any atom is -0.444 e. The van der Waals surface area contributed by atoms with Gasteiger partial charge in [-0.25, -0.2) is 4.79 Å². The summed E-state index contributed by atoms with van der Waals surface area (Å²) in [6.45, 7) is 10.4. The van der Waals surface area contributed by atoms with Crippen molar-refractivity contribution in [1.82, 2.24) is 4.90 Å². The first-order valence-corrected chi connectivity index (χ1v) is 6.12. The van der Waals surface area contributed by atoms with E-state index >= 15 is 0 Å². The van der Waals surface area contributed by atoms with Crippen molar-refractivity contribution in [2.45, 2.75) is 45.3 Å². The lowest BCUT2D eigenvalue weighted by Gasteiger charge is -2.35. The molecule has 1 heterocycles. The highest BCUT2D eigenvalue weighted by molar-refractivity contribution is 5.68. The molecule has 0 bridgehead atoms. The van der Waals surface area contributed by atoms with Gasteiger partial charge in [0.05, 0.1) is 6.10 Å². The zero-order chi connectivity index (χ0) is 13.1. The van der Waals surface area contributed by atoms with Gasteiger partial charge in [-0.1, -0.05) is 6.08 Å². The van der Waals surface area contributed by atoms with Crippen LogP contribution >= 0.6 is 0 Å². The largest absolute Gasteiger partial charge is 0.444 e. The Hall–Kier alpha value is -1.03. The number of hydrogen-bond donors (Lipinski definition) is 1. The maximum Gasteiger partial charge on any atom is 0.410 e. The van der Waals surface area contributed by atoms with Gasteiger partial charge in [-0.05, 0) is 33.6 Å². The highest BCUT2D eigenvalue weighted by Crippen LogP contribution is 2.22. The van der Waals surface area contributed by atoms with Gasteiger partial charge in [0.25, 0.3) is 0 Å². The molecule has 0 saturated carbocycles. The molecule has 0 spiro atoms. The zero-order valence-corrected chi connectivity index (χ0v) is 11.0. The summed E-state index contributed by atoms with van der Waals surface area (Å²) in [6.07, 6.45) is 2.52. The monoisotopic (exact) mass is 241 g/mol. The summed E-state index contributed by atoms with van der Waals surface area (Å²) >= 11 is 0. The maximum absolute atomic E-state index is 11.9. The first kappa shape index (κ1) is 14.0. The number of carbonyl (C=O) groups is 1. The molecule has 0 aromatic carbocycles. The standard InChI is InChI=1S/C13H23NO3/c1-5-11(15)10-7-6-8-14(9-10)12(16)17-13(2,3)4/h5,10-11,15H,1,6-9H2,2-4H3/t10-,11?/m0/s1. The van der Waals surface area contributed by atoms with Crippen molar-refractivity contribution in [3.8, 4) is 0 Å². The molecule has 1 rings (SSSR count). The van der Waals surface area contributed by atoms with Crippen LogP contribution in [0.25, 0.3) is 0 Å². The van der Waals surface area contributed by atoms with Crippen molar-refractivity contribution in [3.05, 3.63) is 12.7 Å². The fourth-order valence-electron chi connectivity index (χ4n) is 1.97. The summed E-state index contributed by atoms with van der Waals surface area (Å²) in [4.78, 5) is 13.5. The van der Waals surface area contributed by atoms with Gasteiger partial charge in [0, 0.05) is 19.0 Å². The van der Waals surface area contributed by atoms with E-state index in [0.29, 0.717) is 13.1 Å². The topological polar surface area (TPSA) is 49.8 Å². The molecule has 98 valence electrons. The second kappa shape index (κ2) is 5.54. The molecular formula is C13H23NO3. The lowest BCUT2D eigenvalue weighted by molar-refractivity contribution is 0.00834. The predicted octanol–water partition coefficient (Wildman–Crippen LogP) is 2.18. The predicted molar refractivity (Wildman–Crippen MR) is 66.7 cm³/mol. The number of aliphatic hydroxyl groups is 1. The minimum atomic E-state index is -0.541. The number of nitrogens with zero attached hydrogens (tertiary/aromatic N) is 1. The number of carbonyl (C=O) groups excluding carboxylic acids is 1. The van der Waals surface area contributed by atoms with Crippen LogP contribution in [0.1, 0.15) is 33.6 Å². The SMILES string of the molecule is C=CC(O)[C@H]1CCCN(C(=O)OC(C)(C)C)C1. The van der Waals surface area contributed by atoms with Gasteiger partial charge >= 0.3 is 6.09 Å². The normalized spacial score (nSPS) is 23.1. The number of piperidine rings is 1. The van der Waals surface area contributed by atoms with Crippen molar-refractivity contribution in [3.63, 3.8) is 0 Å². The fourth-order valence-corrected chi connectivity index (χ4v) is 1.97. The minimum absolute atomic E-state index is 0.0776. The van der Waals surface area contributed by atoms with E-state index in [4.69, 9.17) is 4.74 Å². The summed E-state index contributed by atoms with van der Waals surface area (Å²) < 4.78 is 5.32. The molecular weight excluding hydrogens is 218 g/mol. The number of aliphatic hydroxyl groups excluding tert-OH is 1. The molecule has 1 saturated heterocycles. The van der Waals surface area contributed by atoms with Gasteiger partial charge in [-0.15, -0.1) is 6.58 Å². The summed E-state index contributed by atoms with van der Waals surface area (Å²) in [7, 11) is 0. The highest BCUT2D eigenvalue weighted by Gasteiger charge is 2.29. The summed E-state index contributed by atoms with van der Waals surface area (Å²) in [5, 5.41) is 9.72. The molecule has 0 aromatic heterocycles. The third-order valence-electron chi connectivity index (χ3n) is 2.83. The van der Waals surface area contributed by atoms with Crippen LogP contribution in [0.2, 0.25) is 0 Å². The van der Waals surface area contributed by atoms with E-state index < -0.39 is 11.7 Å². The molecule has 1 amide bonds. The molecule has 4 nitrogen and oxygen atoms in total. The number of amides is 1. The average Bonchev–Trinajstić information content (AvgIpc) is 2.26. The first-order valence-electron chi connectivity index (χ1n) is 6.12. The van der Waals surface area contributed by atoms with Crippen molar-refractivity contribution in [1.29, 1.82) is 0 Å². The fraction of sp³-hybridized carbons (Fsp3) is 0.769. The molecule has 1 fully saturated rings. The van der Waals surface area contributed by atoms with E-state index in [2.05, 4.69) is 6.58 Å². The Balaban J connectivity index is 2.54.